The van der Waals surface area contributed by atoms with Gasteiger partial charge in [0.05, 0.1) is 12.3 Å². The predicted molar refractivity (Wildman–Crippen MR) is 111 cm³/mol. The Kier molecular flexibility index (Phi) is 6.60. The van der Waals surface area contributed by atoms with E-state index in [1.807, 2.05) is 36.6 Å². The van der Waals surface area contributed by atoms with Crippen LogP contribution in [0.3, 0.4) is 0 Å². The molecule has 0 atom stereocenters. The van der Waals surface area contributed by atoms with Gasteiger partial charge in [-0.25, -0.2) is 4.98 Å². The van der Waals surface area contributed by atoms with Crippen LogP contribution >= 0.6 is 11.3 Å². The predicted octanol–water partition coefficient (Wildman–Crippen LogP) is 5.48. The smallest absolute Gasteiger partial charge is 0.226 e. The first-order chi connectivity index (χ1) is 13.2. The molecule has 0 aliphatic carbocycles. The maximum Gasteiger partial charge on any atom is 0.226 e. The van der Waals surface area contributed by atoms with Crippen molar-refractivity contribution in [2.45, 2.75) is 33.1 Å². The van der Waals surface area contributed by atoms with E-state index in [0.29, 0.717) is 24.6 Å². The van der Waals surface area contributed by atoms with Crippen molar-refractivity contribution in [3.8, 4) is 17.0 Å². The first kappa shape index (κ1) is 19.1. The zero-order valence-electron chi connectivity index (χ0n) is 15.7. The number of hydrogen-bond acceptors (Lipinski definition) is 4. The fourth-order valence-electron chi connectivity index (χ4n) is 2.69. The molecule has 1 heterocycles. The van der Waals surface area contributed by atoms with Gasteiger partial charge in [0, 0.05) is 17.4 Å². The van der Waals surface area contributed by atoms with E-state index in [1.165, 1.54) is 16.9 Å². The van der Waals surface area contributed by atoms with Crippen LogP contribution in [-0.4, -0.2) is 17.5 Å². The van der Waals surface area contributed by atoms with Gasteiger partial charge in [-0.3, -0.25) is 4.79 Å². The number of nitrogens with one attached hydrogen (secondary N) is 1. The molecule has 3 rings (SSSR count). The quantitative estimate of drug-likeness (QED) is 0.527. The van der Waals surface area contributed by atoms with Gasteiger partial charge in [0.15, 0.2) is 5.13 Å². The Labute approximate surface area is 164 Å². The number of rotatable bonds is 8. The highest BCUT2D eigenvalue weighted by Crippen LogP contribution is 2.25. The van der Waals surface area contributed by atoms with E-state index in [9.17, 15) is 4.79 Å². The third kappa shape index (κ3) is 5.41. The highest BCUT2D eigenvalue weighted by molar-refractivity contribution is 7.14. The van der Waals surface area contributed by atoms with Crippen LogP contribution in [0.2, 0.25) is 0 Å². The molecule has 5 heteroatoms. The van der Waals surface area contributed by atoms with Crippen LogP contribution in [0.1, 0.15) is 30.9 Å². The number of para-hydroxylation sites is 1. The first-order valence-electron chi connectivity index (χ1n) is 9.19. The molecule has 1 aromatic heterocycles. The second-order valence-corrected chi connectivity index (χ2v) is 7.21. The number of anilines is 1. The Morgan fingerprint density at radius 1 is 1.15 bits per heavy atom. The van der Waals surface area contributed by atoms with Gasteiger partial charge in [0.1, 0.15) is 5.75 Å². The van der Waals surface area contributed by atoms with E-state index < -0.39 is 0 Å². The van der Waals surface area contributed by atoms with Crippen LogP contribution < -0.4 is 10.1 Å². The molecular formula is C22H24N2O2S. The number of aryl methyl sites for hydroxylation is 2. The Balaban J connectivity index is 1.45. The lowest BCUT2D eigenvalue weighted by Crippen LogP contribution is -2.12. The largest absolute Gasteiger partial charge is 0.493 e. The van der Waals surface area contributed by atoms with Gasteiger partial charge in [-0.05, 0) is 37.0 Å². The lowest BCUT2D eigenvalue weighted by Gasteiger charge is -2.08. The number of carbonyl (C=O) groups is 1. The van der Waals surface area contributed by atoms with Crippen molar-refractivity contribution in [3.05, 3.63) is 65.0 Å². The minimum atomic E-state index is -0.0365. The summed E-state index contributed by atoms with van der Waals surface area (Å²) < 4.78 is 5.73. The number of ether oxygens (including phenoxy) is 1. The molecule has 0 fully saturated rings. The van der Waals surface area contributed by atoms with E-state index in [1.54, 1.807) is 0 Å². The van der Waals surface area contributed by atoms with Gasteiger partial charge >= 0.3 is 0 Å². The second kappa shape index (κ2) is 9.33. The molecule has 0 spiro atoms. The Hall–Kier alpha value is -2.66. The molecule has 0 aliphatic rings. The fraction of sp³-hybridized carbons (Fsp3) is 0.273. The number of hydrogen-bond donors (Lipinski definition) is 1. The van der Waals surface area contributed by atoms with Crippen molar-refractivity contribution in [2.75, 3.05) is 11.9 Å². The van der Waals surface area contributed by atoms with E-state index in [2.05, 4.69) is 41.5 Å². The normalized spacial score (nSPS) is 10.6. The molecule has 0 aliphatic heterocycles. The Morgan fingerprint density at radius 2 is 1.93 bits per heavy atom. The monoisotopic (exact) mass is 380 g/mol. The Bertz CT molecular complexity index is 887. The van der Waals surface area contributed by atoms with Crippen LogP contribution in [0.25, 0.3) is 11.3 Å². The van der Waals surface area contributed by atoms with Crippen LogP contribution in [0.4, 0.5) is 5.13 Å². The number of carbonyl (C=O) groups excluding carboxylic acids is 1. The Morgan fingerprint density at radius 3 is 2.67 bits per heavy atom. The first-order valence-corrected chi connectivity index (χ1v) is 10.1. The lowest BCUT2D eigenvalue weighted by molar-refractivity contribution is -0.116. The number of amides is 1. The molecule has 1 amide bonds. The summed E-state index contributed by atoms with van der Waals surface area (Å²) >= 11 is 1.45. The van der Waals surface area contributed by atoms with E-state index >= 15 is 0 Å². The third-order valence-corrected chi connectivity index (χ3v) is 5.07. The van der Waals surface area contributed by atoms with Gasteiger partial charge in [-0.15, -0.1) is 11.3 Å². The van der Waals surface area contributed by atoms with Gasteiger partial charge in [-0.2, -0.15) is 0 Å². The summed E-state index contributed by atoms with van der Waals surface area (Å²) in [6, 6.07) is 16.3. The van der Waals surface area contributed by atoms with E-state index in [0.717, 1.165) is 29.0 Å². The summed E-state index contributed by atoms with van der Waals surface area (Å²) in [5, 5.41) is 5.48. The van der Waals surface area contributed by atoms with Crippen molar-refractivity contribution in [3.63, 3.8) is 0 Å². The molecule has 27 heavy (non-hydrogen) atoms. The standard InChI is InChI=1S/C22H24N2O2S/c1-3-17-10-12-18(13-11-17)19-15-27-22(23-19)24-21(25)9-6-14-26-20-8-5-4-7-16(20)2/h4-5,7-8,10-13,15H,3,6,9,14H2,1-2H3,(H,23,24,25). The molecule has 0 bridgehead atoms. The second-order valence-electron chi connectivity index (χ2n) is 6.35. The molecule has 140 valence electrons. The van der Waals surface area contributed by atoms with Crippen LogP contribution in [-0.2, 0) is 11.2 Å². The average molecular weight is 381 g/mol. The fourth-order valence-corrected chi connectivity index (χ4v) is 3.43. The molecular weight excluding hydrogens is 356 g/mol. The average Bonchev–Trinajstić information content (AvgIpc) is 3.15. The molecule has 0 saturated heterocycles. The number of benzene rings is 2. The summed E-state index contributed by atoms with van der Waals surface area (Å²) in [6.07, 6.45) is 2.09. The summed E-state index contributed by atoms with van der Waals surface area (Å²) in [5.41, 5.74) is 4.36. The van der Waals surface area contributed by atoms with Crippen molar-refractivity contribution in [2.24, 2.45) is 0 Å². The van der Waals surface area contributed by atoms with Crippen molar-refractivity contribution in [1.82, 2.24) is 4.98 Å². The summed E-state index contributed by atoms with van der Waals surface area (Å²) in [7, 11) is 0. The van der Waals surface area contributed by atoms with Gasteiger partial charge in [0.25, 0.3) is 0 Å². The highest BCUT2D eigenvalue weighted by atomic mass is 32.1. The van der Waals surface area contributed by atoms with Gasteiger partial charge in [-0.1, -0.05) is 49.4 Å². The zero-order chi connectivity index (χ0) is 19.1. The third-order valence-electron chi connectivity index (χ3n) is 4.31. The topological polar surface area (TPSA) is 51.2 Å². The maximum absolute atomic E-state index is 12.1. The number of nitrogens with zero attached hydrogens (tertiary/aromatic N) is 1. The molecule has 4 nitrogen and oxygen atoms in total. The van der Waals surface area contributed by atoms with Crippen molar-refractivity contribution >= 4 is 22.4 Å². The van der Waals surface area contributed by atoms with Crippen molar-refractivity contribution < 1.29 is 9.53 Å². The van der Waals surface area contributed by atoms with Crippen LogP contribution in [0.5, 0.6) is 5.75 Å². The van der Waals surface area contributed by atoms with E-state index in [4.69, 9.17) is 4.74 Å². The zero-order valence-corrected chi connectivity index (χ0v) is 16.5. The molecule has 1 N–H and O–H groups in total. The van der Waals surface area contributed by atoms with Gasteiger partial charge < -0.3 is 10.1 Å². The maximum atomic E-state index is 12.1. The summed E-state index contributed by atoms with van der Waals surface area (Å²) in [6.45, 7) is 4.67. The van der Waals surface area contributed by atoms with Crippen LogP contribution in [0.15, 0.2) is 53.9 Å². The highest BCUT2D eigenvalue weighted by Gasteiger charge is 2.08. The summed E-state index contributed by atoms with van der Waals surface area (Å²) in [5.74, 6) is 0.835. The summed E-state index contributed by atoms with van der Waals surface area (Å²) in [4.78, 5) is 16.6. The number of thiazole rings is 1. The molecule has 0 radical (unpaired) electrons. The van der Waals surface area contributed by atoms with Gasteiger partial charge in [0.2, 0.25) is 5.91 Å². The molecule has 0 saturated carbocycles. The minimum Gasteiger partial charge on any atom is -0.493 e. The van der Waals surface area contributed by atoms with Crippen LogP contribution in [0, 0.1) is 6.92 Å². The lowest BCUT2D eigenvalue weighted by atomic mass is 10.1. The SMILES string of the molecule is CCc1ccc(-c2csc(NC(=O)CCCOc3ccccc3C)n2)cc1. The molecule has 0 unspecified atom stereocenters. The molecule has 2 aromatic carbocycles. The minimum absolute atomic E-state index is 0.0365. The van der Waals surface area contributed by atoms with E-state index in [-0.39, 0.29) is 5.91 Å². The number of aromatic nitrogens is 1. The van der Waals surface area contributed by atoms with Crippen molar-refractivity contribution in [1.29, 1.82) is 0 Å². The molecule has 3 aromatic rings.